The van der Waals surface area contributed by atoms with Crippen LogP contribution in [0.4, 0.5) is 10.5 Å². The fraction of sp³-hybridized carbons (Fsp3) is 0.316. The number of benzene rings is 2. The molecular weight excluding hydrogens is 304 g/mol. The molecule has 0 fully saturated rings. The molecule has 124 valence electrons. The summed E-state index contributed by atoms with van der Waals surface area (Å²) < 4.78 is 11.4. The van der Waals surface area contributed by atoms with E-state index in [4.69, 9.17) is 9.47 Å². The number of hydrogen-bond donors (Lipinski definition) is 2. The predicted octanol–water partition coefficient (Wildman–Crippen LogP) is 3.19. The van der Waals surface area contributed by atoms with Crippen LogP contribution in [0.15, 0.2) is 30.3 Å². The Balaban J connectivity index is 1.50. The summed E-state index contributed by atoms with van der Waals surface area (Å²) in [4.78, 5) is 12.4. The summed E-state index contributed by atoms with van der Waals surface area (Å²) in [6, 6.07) is 9.91. The van der Waals surface area contributed by atoms with Crippen LogP contribution in [0.1, 0.15) is 22.3 Å². The van der Waals surface area contributed by atoms with Crippen molar-refractivity contribution in [3.05, 3.63) is 52.6 Å². The van der Waals surface area contributed by atoms with Crippen LogP contribution in [0.25, 0.3) is 0 Å². The van der Waals surface area contributed by atoms with Gasteiger partial charge in [-0.3, -0.25) is 0 Å². The van der Waals surface area contributed by atoms with Gasteiger partial charge in [0.2, 0.25) is 0 Å². The van der Waals surface area contributed by atoms with E-state index in [-0.39, 0.29) is 6.03 Å². The standard InChI is InChI=1S/C19H20N2O3/c1-12-3-2-4-13(9-12)11-20-19(22)21-17-15-6-8-23-16(15)10-14-5-7-24-18(14)17/h2-4,9-10H,5-8,11H2,1H3,(H2,20,21,22). The maximum absolute atomic E-state index is 12.4. The lowest BCUT2D eigenvalue weighted by Gasteiger charge is -2.14. The maximum atomic E-state index is 12.4. The molecular formula is C19H20N2O3. The third kappa shape index (κ3) is 2.77. The normalized spacial score (nSPS) is 14.4. The summed E-state index contributed by atoms with van der Waals surface area (Å²) in [6.45, 7) is 3.83. The van der Waals surface area contributed by atoms with Gasteiger partial charge in [0.1, 0.15) is 11.5 Å². The van der Waals surface area contributed by atoms with Crippen molar-refractivity contribution in [1.82, 2.24) is 5.32 Å². The third-order valence-corrected chi connectivity index (χ3v) is 4.42. The van der Waals surface area contributed by atoms with E-state index in [1.54, 1.807) is 0 Å². The average Bonchev–Trinajstić information content (AvgIpc) is 3.21. The zero-order chi connectivity index (χ0) is 16.5. The predicted molar refractivity (Wildman–Crippen MR) is 91.9 cm³/mol. The number of carbonyl (C=O) groups excluding carboxylic acids is 1. The molecule has 2 amide bonds. The molecule has 5 nitrogen and oxygen atoms in total. The summed E-state index contributed by atoms with van der Waals surface area (Å²) >= 11 is 0. The van der Waals surface area contributed by atoms with Crippen LogP contribution in [-0.2, 0) is 19.4 Å². The van der Waals surface area contributed by atoms with Crippen LogP contribution >= 0.6 is 0 Å². The molecule has 0 spiro atoms. The van der Waals surface area contributed by atoms with E-state index < -0.39 is 0 Å². The highest BCUT2D eigenvalue weighted by atomic mass is 16.5. The maximum Gasteiger partial charge on any atom is 0.319 e. The highest BCUT2D eigenvalue weighted by Gasteiger charge is 2.27. The van der Waals surface area contributed by atoms with Crippen molar-refractivity contribution in [2.45, 2.75) is 26.3 Å². The van der Waals surface area contributed by atoms with Crippen molar-refractivity contribution in [2.24, 2.45) is 0 Å². The number of carbonyl (C=O) groups is 1. The third-order valence-electron chi connectivity index (χ3n) is 4.42. The minimum absolute atomic E-state index is 0.227. The molecule has 2 aromatic carbocycles. The second-order valence-corrected chi connectivity index (χ2v) is 6.21. The summed E-state index contributed by atoms with van der Waals surface area (Å²) in [5.74, 6) is 1.66. The van der Waals surface area contributed by atoms with Gasteiger partial charge in [0.15, 0.2) is 0 Å². The Morgan fingerprint density at radius 1 is 1.17 bits per heavy atom. The van der Waals surface area contributed by atoms with Crippen molar-refractivity contribution < 1.29 is 14.3 Å². The van der Waals surface area contributed by atoms with Gasteiger partial charge >= 0.3 is 6.03 Å². The molecule has 0 bridgehead atoms. The molecule has 2 aromatic rings. The van der Waals surface area contributed by atoms with Gasteiger partial charge in [-0.15, -0.1) is 0 Å². The Labute approximate surface area is 141 Å². The van der Waals surface area contributed by atoms with Gasteiger partial charge in [0.25, 0.3) is 0 Å². The van der Waals surface area contributed by atoms with Crippen LogP contribution in [0.3, 0.4) is 0 Å². The van der Waals surface area contributed by atoms with Crippen LogP contribution in [-0.4, -0.2) is 19.2 Å². The van der Waals surface area contributed by atoms with Crippen LogP contribution in [0, 0.1) is 6.92 Å². The Kier molecular flexibility index (Phi) is 3.76. The van der Waals surface area contributed by atoms with Gasteiger partial charge in [-0.25, -0.2) is 4.79 Å². The molecule has 0 aromatic heterocycles. The molecule has 4 rings (SSSR count). The van der Waals surface area contributed by atoms with E-state index in [0.29, 0.717) is 19.8 Å². The highest BCUT2D eigenvalue weighted by molar-refractivity contribution is 5.93. The summed E-state index contributed by atoms with van der Waals surface area (Å²) in [5, 5.41) is 5.88. The first-order chi connectivity index (χ1) is 11.7. The molecule has 2 N–H and O–H groups in total. The van der Waals surface area contributed by atoms with Gasteiger partial charge in [-0.05, 0) is 18.6 Å². The first-order valence-corrected chi connectivity index (χ1v) is 8.25. The van der Waals surface area contributed by atoms with Crippen molar-refractivity contribution >= 4 is 11.7 Å². The van der Waals surface area contributed by atoms with Crippen LogP contribution in [0.5, 0.6) is 11.5 Å². The van der Waals surface area contributed by atoms with E-state index in [1.165, 1.54) is 5.56 Å². The van der Waals surface area contributed by atoms with Crippen molar-refractivity contribution in [2.75, 3.05) is 18.5 Å². The smallest absolute Gasteiger partial charge is 0.319 e. The Bertz CT molecular complexity index is 769. The molecule has 0 radical (unpaired) electrons. The first kappa shape index (κ1) is 14.9. The second-order valence-electron chi connectivity index (χ2n) is 6.21. The highest BCUT2D eigenvalue weighted by Crippen LogP contribution is 2.44. The quantitative estimate of drug-likeness (QED) is 0.911. The molecule has 0 saturated carbocycles. The molecule has 0 aliphatic carbocycles. The fourth-order valence-electron chi connectivity index (χ4n) is 3.28. The van der Waals surface area contributed by atoms with Crippen LogP contribution < -0.4 is 20.1 Å². The summed E-state index contributed by atoms with van der Waals surface area (Å²) in [7, 11) is 0. The van der Waals surface area contributed by atoms with Gasteiger partial charge in [-0.2, -0.15) is 0 Å². The molecule has 5 heteroatoms. The monoisotopic (exact) mass is 324 g/mol. The lowest BCUT2D eigenvalue weighted by molar-refractivity contribution is 0.251. The Hall–Kier alpha value is -2.69. The molecule has 2 heterocycles. The minimum atomic E-state index is -0.227. The topological polar surface area (TPSA) is 59.6 Å². The second kappa shape index (κ2) is 6.07. The Morgan fingerprint density at radius 3 is 2.92 bits per heavy atom. The van der Waals surface area contributed by atoms with Gasteiger partial charge in [0.05, 0.1) is 18.9 Å². The summed E-state index contributed by atoms with van der Waals surface area (Å²) in [5.41, 5.74) is 5.15. The first-order valence-electron chi connectivity index (χ1n) is 8.25. The molecule has 0 atom stereocenters. The van der Waals surface area contributed by atoms with Crippen molar-refractivity contribution in [1.29, 1.82) is 0 Å². The number of urea groups is 1. The van der Waals surface area contributed by atoms with E-state index >= 15 is 0 Å². The van der Waals surface area contributed by atoms with Crippen molar-refractivity contribution in [3.63, 3.8) is 0 Å². The number of nitrogens with one attached hydrogen (secondary N) is 2. The van der Waals surface area contributed by atoms with E-state index in [0.717, 1.165) is 46.7 Å². The number of ether oxygens (including phenoxy) is 2. The molecule has 2 aliphatic rings. The molecule has 2 aliphatic heterocycles. The number of rotatable bonds is 3. The van der Waals surface area contributed by atoms with Crippen molar-refractivity contribution in [3.8, 4) is 11.5 Å². The number of hydrogen-bond acceptors (Lipinski definition) is 3. The lowest BCUT2D eigenvalue weighted by atomic mass is 10.0. The van der Waals surface area contributed by atoms with E-state index in [2.05, 4.69) is 16.7 Å². The zero-order valence-electron chi connectivity index (χ0n) is 13.6. The molecule has 0 saturated heterocycles. The van der Waals surface area contributed by atoms with E-state index in [9.17, 15) is 4.79 Å². The van der Waals surface area contributed by atoms with Gasteiger partial charge in [0, 0.05) is 30.5 Å². The fourth-order valence-corrected chi connectivity index (χ4v) is 3.28. The molecule has 24 heavy (non-hydrogen) atoms. The minimum Gasteiger partial charge on any atom is -0.493 e. The zero-order valence-corrected chi connectivity index (χ0v) is 13.6. The average molecular weight is 324 g/mol. The summed E-state index contributed by atoms with van der Waals surface area (Å²) in [6.07, 6.45) is 1.64. The number of aryl methyl sites for hydroxylation is 1. The van der Waals surface area contributed by atoms with Gasteiger partial charge in [-0.1, -0.05) is 29.8 Å². The number of fused-ring (bicyclic) bond motifs is 2. The largest absolute Gasteiger partial charge is 0.493 e. The number of amides is 2. The SMILES string of the molecule is Cc1cccc(CNC(=O)Nc2c3c(cc4c2OCC4)OCC3)c1. The van der Waals surface area contributed by atoms with E-state index in [1.807, 2.05) is 31.2 Å². The lowest BCUT2D eigenvalue weighted by Crippen LogP contribution is -2.28. The Morgan fingerprint density at radius 2 is 2.04 bits per heavy atom. The molecule has 0 unspecified atom stereocenters. The van der Waals surface area contributed by atoms with Gasteiger partial charge < -0.3 is 20.1 Å². The number of anilines is 1. The van der Waals surface area contributed by atoms with Crippen LogP contribution in [0.2, 0.25) is 0 Å².